The predicted molar refractivity (Wildman–Crippen MR) is 181 cm³/mol. The number of hydrogen-bond acceptors (Lipinski definition) is 1. The highest BCUT2D eigenvalue weighted by molar-refractivity contribution is 6.25. The van der Waals surface area contributed by atoms with Crippen LogP contribution in [0.2, 0.25) is 0 Å². The van der Waals surface area contributed by atoms with Crippen molar-refractivity contribution in [2.24, 2.45) is 0 Å². The van der Waals surface area contributed by atoms with Crippen LogP contribution in [0.3, 0.4) is 0 Å². The number of fused-ring (bicyclic) bond motifs is 9. The van der Waals surface area contributed by atoms with Gasteiger partial charge in [-0.15, -0.1) is 0 Å². The lowest BCUT2D eigenvalue weighted by Crippen LogP contribution is -1.98. The lowest BCUT2D eigenvalue weighted by atomic mass is 10.0. The highest BCUT2D eigenvalue weighted by Crippen LogP contribution is 2.42. The Balaban J connectivity index is 1.47. The maximum Gasteiger partial charge on any atom is 0.0973 e. The Bertz CT molecular complexity index is 2500. The summed E-state index contributed by atoms with van der Waals surface area (Å²) in [7, 11) is 0. The van der Waals surface area contributed by atoms with Gasteiger partial charge in [-0.1, -0.05) is 97.1 Å². The van der Waals surface area contributed by atoms with Crippen LogP contribution < -0.4 is 0 Å². The molecule has 0 aliphatic carbocycles. The van der Waals surface area contributed by atoms with Crippen molar-refractivity contribution in [1.82, 2.24) is 14.1 Å². The fraction of sp³-hybridized carbons (Fsp3) is 0.0250. The second-order valence-electron chi connectivity index (χ2n) is 11.3. The second-order valence-corrected chi connectivity index (χ2v) is 11.3. The number of nitrogens with zero attached hydrogens (tertiary/aromatic N) is 3. The average Bonchev–Trinajstić information content (AvgIpc) is 3.59. The number of benzene rings is 6. The van der Waals surface area contributed by atoms with Gasteiger partial charge in [0, 0.05) is 44.5 Å². The Hall–Kier alpha value is -5.67. The largest absolute Gasteiger partial charge is 0.308 e. The van der Waals surface area contributed by atoms with Crippen molar-refractivity contribution in [3.8, 4) is 22.5 Å². The maximum absolute atomic E-state index is 5.27. The molecule has 6 aromatic carbocycles. The molecule has 0 bridgehead atoms. The number of hydrogen-bond donors (Lipinski definition) is 0. The maximum atomic E-state index is 5.27. The Labute approximate surface area is 248 Å². The number of para-hydroxylation sites is 3. The lowest BCUT2D eigenvalue weighted by molar-refractivity contribution is 1.17. The molecule has 9 rings (SSSR count). The van der Waals surface area contributed by atoms with E-state index in [0.717, 1.165) is 27.8 Å². The Kier molecular flexibility index (Phi) is 5.11. The molecular weight excluding hydrogens is 522 g/mol. The van der Waals surface area contributed by atoms with Crippen LogP contribution >= 0.6 is 0 Å². The molecule has 0 radical (unpaired) electrons. The third kappa shape index (κ3) is 3.45. The molecule has 0 unspecified atom stereocenters. The van der Waals surface area contributed by atoms with Gasteiger partial charge in [0.1, 0.15) is 0 Å². The van der Waals surface area contributed by atoms with Crippen molar-refractivity contribution >= 4 is 54.5 Å². The van der Waals surface area contributed by atoms with E-state index < -0.39 is 0 Å². The van der Waals surface area contributed by atoms with Gasteiger partial charge in [-0.3, -0.25) is 4.98 Å². The van der Waals surface area contributed by atoms with Crippen LogP contribution in [-0.4, -0.2) is 14.1 Å². The first-order valence-electron chi connectivity index (χ1n) is 14.7. The van der Waals surface area contributed by atoms with E-state index in [1.54, 1.807) is 0 Å². The third-order valence-corrected chi connectivity index (χ3v) is 8.83. The van der Waals surface area contributed by atoms with Crippen LogP contribution in [-0.2, 0) is 0 Å². The van der Waals surface area contributed by atoms with E-state index in [0.29, 0.717) is 0 Å². The summed E-state index contributed by atoms with van der Waals surface area (Å²) in [4.78, 5) is 5.27. The van der Waals surface area contributed by atoms with Crippen LogP contribution in [0.25, 0.3) is 77.0 Å². The molecule has 0 aliphatic heterocycles. The van der Waals surface area contributed by atoms with E-state index in [1.807, 2.05) is 0 Å². The minimum Gasteiger partial charge on any atom is -0.308 e. The number of aromatic nitrogens is 3. The predicted octanol–water partition coefficient (Wildman–Crippen LogP) is 10.4. The lowest BCUT2D eigenvalue weighted by Gasteiger charge is -2.14. The molecule has 0 N–H and O–H groups in total. The van der Waals surface area contributed by atoms with Crippen molar-refractivity contribution in [1.29, 1.82) is 0 Å². The molecule has 202 valence electrons. The monoisotopic (exact) mass is 549 g/mol. The molecule has 3 aromatic heterocycles. The Morgan fingerprint density at radius 2 is 1.05 bits per heavy atom. The standard InChI is InChI=1S/C40H27N3/c1-26-23-33-31-19-8-10-21-35(31)42(29-16-6-3-7-17-29)40(33)38-37(26)39-34(25-41-38)32-20-9-11-22-36(32)43(39)30-18-12-15-28(24-30)27-13-4-2-5-14-27/h2-25H,1H3. The third-order valence-electron chi connectivity index (χ3n) is 8.83. The molecule has 3 nitrogen and oxygen atoms in total. The Morgan fingerprint density at radius 3 is 1.79 bits per heavy atom. The van der Waals surface area contributed by atoms with Crippen LogP contribution in [0.5, 0.6) is 0 Å². The zero-order valence-electron chi connectivity index (χ0n) is 23.7. The average molecular weight is 550 g/mol. The van der Waals surface area contributed by atoms with Crippen LogP contribution in [0.4, 0.5) is 0 Å². The first-order valence-corrected chi connectivity index (χ1v) is 14.7. The van der Waals surface area contributed by atoms with Gasteiger partial charge in [-0.05, 0) is 66.1 Å². The van der Waals surface area contributed by atoms with Crippen molar-refractivity contribution in [3.05, 3.63) is 151 Å². The zero-order chi connectivity index (χ0) is 28.5. The molecule has 3 heteroatoms. The molecule has 3 heterocycles. The quantitative estimate of drug-likeness (QED) is 0.215. The molecule has 0 fully saturated rings. The second kappa shape index (κ2) is 9.17. The van der Waals surface area contributed by atoms with E-state index in [2.05, 4.69) is 162 Å². The summed E-state index contributed by atoms with van der Waals surface area (Å²) in [5.74, 6) is 0. The first kappa shape index (κ1) is 24.0. The van der Waals surface area contributed by atoms with Gasteiger partial charge in [-0.2, -0.15) is 0 Å². The molecule has 0 atom stereocenters. The normalized spacial score (nSPS) is 11.8. The number of pyridine rings is 1. The summed E-state index contributed by atoms with van der Waals surface area (Å²) in [6.07, 6.45) is 2.09. The molecule has 0 amide bonds. The van der Waals surface area contributed by atoms with Gasteiger partial charge < -0.3 is 9.13 Å². The van der Waals surface area contributed by atoms with Gasteiger partial charge in [0.25, 0.3) is 0 Å². The SMILES string of the molecule is Cc1cc2c3ccccc3n(-c3ccccc3)c2c2ncc3c4ccccc4n(-c4cccc(-c5ccccc5)c4)c3c12. The molecule has 0 aliphatic rings. The summed E-state index contributed by atoms with van der Waals surface area (Å²) in [6.45, 7) is 2.24. The molecule has 0 spiro atoms. The summed E-state index contributed by atoms with van der Waals surface area (Å²) < 4.78 is 4.82. The van der Waals surface area contributed by atoms with E-state index in [4.69, 9.17) is 4.98 Å². The van der Waals surface area contributed by atoms with Crippen LogP contribution in [0.15, 0.2) is 146 Å². The summed E-state index contributed by atoms with van der Waals surface area (Å²) in [5, 5.41) is 6.03. The fourth-order valence-electron chi connectivity index (χ4n) is 7.00. The number of rotatable bonds is 3. The minimum absolute atomic E-state index is 1.02. The van der Waals surface area contributed by atoms with Crippen LogP contribution in [0, 0.1) is 6.92 Å². The molecule has 0 saturated carbocycles. The van der Waals surface area contributed by atoms with E-state index in [1.165, 1.54) is 54.8 Å². The van der Waals surface area contributed by atoms with E-state index in [9.17, 15) is 0 Å². The van der Waals surface area contributed by atoms with Gasteiger partial charge in [0.05, 0.1) is 27.6 Å². The highest BCUT2D eigenvalue weighted by atomic mass is 15.0. The first-order chi connectivity index (χ1) is 21.3. The smallest absolute Gasteiger partial charge is 0.0973 e. The van der Waals surface area contributed by atoms with Crippen molar-refractivity contribution in [3.63, 3.8) is 0 Å². The number of aryl methyl sites for hydroxylation is 1. The Morgan fingerprint density at radius 1 is 0.465 bits per heavy atom. The molecule has 9 aromatic rings. The fourth-order valence-corrected chi connectivity index (χ4v) is 7.00. The zero-order valence-corrected chi connectivity index (χ0v) is 23.7. The van der Waals surface area contributed by atoms with Crippen LogP contribution in [0.1, 0.15) is 5.56 Å². The van der Waals surface area contributed by atoms with Crippen molar-refractivity contribution in [2.75, 3.05) is 0 Å². The van der Waals surface area contributed by atoms with Gasteiger partial charge in [-0.25, -0.2) is 0 Å². The highest BCUT2D eigenvalue weighted by Gasteiger charge is 2.22. The summed E-state index contributed by atoms with van der Waals surface area (Å²) in [5.41, 5.74) is 11.6. The molecule has 0 saturated heterocycles. The topological polar surface area (TPSA) is 22.8 Å². The van der Waals surface area contributed by atoms with Gasteiger partial charge in [0.15, 0.2) is 0 Å². The van der Waals surface area contributed by atoms with Crippen molar-refractivity contribution in [2.45, 2.75) is 6.92 Å². The molecule has 43 heavy (non-hydrogen) atoms. The van der Waals surface area contributed by atoms with E-state index in [-0.39, 0.29) is 0 Å². The summed E-state index contributed by atoms with van der Waals surface area (Å²) >= 11 is 0. The summed E-state index contributed by atoms with van der Waals surface area (Å²) in [6, 6.07) is 49.9. The molecular formula is C40H27N3. The van der Waals surface area contributed by atoms with Gasteiger partial charge >= 0.3 is 0 Å². The van der Waals surface area contributed by atoms with Gasteiger partial charge in [0.2, 0.25) is 0 Å². The van der Waals surface area contributed by atoms with E-state index >= 15 is 0 Å². The van der Waals surface area contributed by atoms with Crippen molar-refractivity contribution < 1.29 is 0 Å². The minimum atomic E-state index is 1.02.